The number of anilines is 1. The molecule has 0 aliphatic rings. The lowest BCUT2D eigenvalue weighted by molar-refractivity contribution is -0.120. The van der Waals surface area contributed by atoms with Crippen molar-refractivity contribution >= 4 is 32.6 Å². The van der Waals surface area contributed by atoms with Crippen molar-refractivity contribution in [2.24, 2.45) is 0 Å². The van der Waals surface area contributed by atoms with E-state index in [1.54, 1.807) is 37.4 Å². The number of para-hydroxylation sites is 3. The van der Waals surface area contributed by atoms with E-state index in [0.717, 1.165) is 15.9 Å². The molecule has 2 heterocycles. The zero-order chi connectivity index (χ0) is 21.6. The average molecular weight is 436 g/mol. The molecule has 0 N–H and O–H groups in total. The third-order valence-corrected chi connectivity index (χ3v) is 5.63. The number of hydrogen-bond donors (Lipinski definition) is 0. The van der Waals surface area contributed by atoms with Crippen LogP contribution < -0.4 is 19.1 Å². The predicted octanol–water partition coefficient (Wildman–Crippen LogP) is 4.32. The van der Waals surface area contributed by atoms with Gasteiger partial charge in [-0.15, -0.1) is 0 Å². The maximum atomic E-state index is 13.2. The van der Waals surface area contributed by atoms with Gasteiger partial charge in [-0.3, -0.25) is 14.7 Å². The van der Waals surface area contributed by atoms with Crippen molar-refractivity contribution in [3.05, 3.63) is 72.6 Å². The molecule has 0 aliphatic heterocycles. The van der Waals surface area contributed by atoms with Crippen LogP contribution in [0.15, 0.2) is 66.9 Å². The van der Waals surface area contributed by atoms with Gasteiger partial charge in [0.05, 0.1) is 31.2 Å². The van der Waals surface area contributed by atoms with Crippen LogP contribution in [0.4, 0.5) is 5.13 Å². The lowest BCUT2D eigenvalue weighted by Gasteiger charge is -2.20. The van der Waals surface area contributed by atoms with Crippen LogP contribution in [0.3, 0.4) is 0 Å². The summed E-state index contributed by atoms with van der Waals surface area (Å²) >= 11 is 1.42. The van der Waals surface area contributed by atoms with E-state index in [2.05, 4.69) is 9.97 Å². The summed E-state index contributed by atoms with van der Waals surface area (Å²) in [5.41, 5.74) is 1.47. The molecule has 0 bridgehead atoms. The van der Waals surface area contributed by atoms with Crippen LogP contribution >= 0.6 is 11.3 Å². The van der Waals surface area contributed by atoms with Gasteiger partial charge in [-0.2, -0.15) is 0 Å². The van der Waals surface area contributed by atoms with Gasteiger partial charge in [0.2, 0.25) is 0 Å². The normalized spacial score (nSPS) is 10.6. The second-order valence-electron chi connectivity index (χ2n) is 6.54. The van der Waals surface area contributed by atoms with Crippen molar-refractivity contribution in [3.63, 3.8) is 0 Å². The number of ether oxygens (including phenoxy) is 3. The Balaban J connectivity index is 1.63. The van der Waals surface area contributed by atoms with Gasteiger partial charge >= 0.3 is 0 Å². The molecule has 31 heavy (non-hydrogen) atoms. The van der Waals surface area contributed by atoms with Crippen LogP contribution in [0.2, 0.25) is 0 Å². The maximum Gasteiger partial charge on any atom is 0.267 e. The van der Waals surface area contributed by atoms with E-state index in [9.17, 15) is 4.79 Å². The summed E-state index contributed by atoms with van der Waals surface area (Å²) in [6.07, 6.45) is 1.70. The summed E-state index contributed by atoms with van der Waals surface area (Å²) in [6.45, 7) is 0.108. The number of pyridine rings is 1. The van der Waals surface area contributed by atoms with E-state index in [1.807, 2.05) is 48.5 Å². The van der Waals surface area contributed by atoms with Gasteiger partial charge in [0, 0.05) is 6.20 Å². The summed E-state index contributed by atoms with van der Waals surface area (Å²) in [6, 6.07) is 18.5. The number of nitrogens with zero attached hydrogens (tertiary/aromatic N) is 3. The molecule has 0 saturated heterocycles. The number of fused-ring (bicyclic) bond motifs is 1. The molecule has 158 valence electrons. The SMILES string of the molecule is COc1ccccc1OCC(=O)N(Cc1ccccn1)c1nc2c(OC)cccc2s1. The van der Waals surface area contributed by atoms with Crippen molar-refractivity contribution in [2.45, 2.75) is 6.54 Å². The minimum absolute atomic E-state index is 0.166. The second-order valence-corrected chi connectivity index (χ2v) is 7.55. The molecule has 2 aromatic heterocycles. The first-order chi connectivity index (χ1) is 15.2. The minimum atomic E-state index is -0.241. The number of aromatic nitrogens is 2. The van der Waals surface area contributed by atoms with E-state index < -0.39 is 0 Å². The highest BCUT2D eigenvalue weighted by Crippen LogP contribution is 2.35. The number of rotatable bonds is 8. The average Bonchev–Trinajstić information content (AvgIpc) is 3.26. The van der Waals surface area contributed by atoms with Crippen LogP contribution in [0.25, 0.3) is 10.2 Å². The Hall–Kier alpha value is -3.65. The summed E-state index contributed by atoms with van der Waals surface area (Å²) in [5, 5.41) is 0.554. The smallest absolute Gasteiger partial charge is 0.267 e. The molecule has 8 heteroatoms. The quantitative estimate of drug-likeness (QED) is 0.410. The molecular formula is C23H21N3O4S. The zero-order valence-corrected chi connectivity index (χ0v) is 18.0. The molecule has 0 spiro atoms. The molecule has 1 amide bonds. The number of amides is 1. The first kappa shape index (κ1) is 20.6. The second kappa shape index (κ2) is 9.44. The standard InChI is InChI=1S/C23H21N3O4S/c1-28-17-9-3-4-10-18(17)30-15-21(27)26(14-16-8-5-6-13-24-16)23-25-22-19(29-2)11-7-12-20(22)31-23/h3-13H,14-15H2,1-2H3. The van der Waals surface area contributed by atoms with E-state index in [-0.39, 0.29) is 19.1 Å². The number of carbonyl (C=O) groups is 1. The number of methoxy groups -OCH3 is 2. The number of hydrogen-bond acceptors (Lipinski definition) is 7. The van der Waals surface area contributed by atoms with Gasteiger partial charge in [-0.1, -0.05) is 35.6 Å². The van der Waals surface area contributed by atoms with Crippen LogP contribution in [0, 0.1) is 0 Å². The van der Waals surface area contributed by atoms with Crippen molar-refractivity contribution in [1.29, 1.82) is 0 Å². The van der Waals surface area contributed by atoms with Crippen LogP contribution in [-0.2, 0) is 11.3 Å². The predicted molar refractivity (Wildman–Crippen MR) is 120 cm³/mol. The monoisotopic (exact) mass is 435 g/mol. The van der Waals surface area contributed by atoms with Crippen molar-refractivity contribution in [1.82, 2.24) is 9.97 Å². The lowest BCUT2D eigenvalue weighted by atomic mass is 10.3. The van der Waals surface area contributed by atoms with E-state index >= 15 is 0 Å². The van der Waals surface area contributed by atoms with Crippen LogP contribution in [0.5, 0.6) is 17.2 Å². The van der Waals surface area contributed by atoms with Gasteiger partial charge < -0.3 is 14.2 Å². The Labute approximate surface area is 183 Å². The van der Waals surface area contributed by atoms with Gasteiger partial charge in [0.15, 0.2) is 23.2 Å². The van der Waals surface area contributed by atoms with Crippen molar-refractivity contribution in [3.8, 4) is 17.2 Å². The highest BCUT2D eigenvalue weighted by Gasteiger charge is 2.22. The first-order valence-corrected chi connectivity index (χ1v) is 10.4. The fourth-order valence-corrected chi connectivity index (χ4v) is 4.06. The molecule has 0 saturated carbocycles. The molecule has 4 aromatic rings. The van der Waals surface area contributed by atoms with Gasteiger partial charge in [0.25, 0.3) is 5.91 Å². The van der Waals surface area contributed by atoms with Gasteiger partial charge in [0.1, 0.15) is 11.3 Å². The van der Waals surface area contributed by atoms with Crippen LogP contribution in [-0.4, -0.2) is 36.7 Å². The number of thiazole rings is 1. The fraction of sp³-hybridized carbons (Fsp3) is 0.174. The maximum absolute atomic E-state index is 13.2. The Morgan fingerprint density at radius 2 is 1.68 bits per heavy atom. The number of benzene rings is 2. The molecule has 0 aliphatic carbocycles. The fourth-order valence-electron chi connectivity index (χ4n) is 3.06. The van der Waals surface area contributed by atoms with E-state index in [4.69, 9.17) is 14.2 Å². The molecule has 7 nitrogen and oxygen atoms in total. The Kier molecular flexibility index (Phi) is 6.28. The summed E-state index contributed by atoms with van der Waals surface area (Å²) in [7, 11) is 3.16. The molecule has 0 unspecified atom stereocenters. The van der Waals surface area contributed by atoms with Gasteiger partial charge in [-0.25, -0.2) is 4.98 Å². The van der Waals surface area contributed by atoms with E-state index in [0.29, 0.717) is 22.4 Å². The Bertz CT molecular complexity index is 1180. The Morgan fingerprint density at radius 1 is 0.935 bits per heavy atom. The summed E-state index contributed by atoms with van der Waals surface area (Å²) in [4.78, 5) is 23.8. The van der Waals surface area contributed by atoms with Crippen LogP contribution in [0.1, 0.15) is 5.69 Å². The van der Waals surface area contributed by atoms with Crippen molar-refractivity contribution in [2.75, 3.05) is 25.7 Å². The highest BCUT2D eigenvalue weighted by atomic mass is 32.1. The topological polar surface area (TPSA) is 73.8 Å². The number of carbonyl (C=O) groups excluding carboxylic acids is 1. The summed E-state index contributed by atoms with van der Waals surface area (Å²) < 4.78 is 17.4. The highest BCUT2D eigenvalue weighted by molar-refractivity contribution is 7.22. The molecule has 0 atom stereocenters. The molecule has 2 aromatic carbocycles. The Morgan fingerprint density at radius 3 is 2.42 bits per heavy atom. The van der Waals surface area contributed by atoms with E-state index in [1.165, 1.54) is 11.3 Å². The third-order valence-electron chi connectivity index (χ3n) is 4.59. The third kappa shape index (κ3) is 4.59. The summed E-state index contributed by atoms with van der Waals surface area (Å²) in [5.74, 6) is 1.49. The van der Waals surface area contributed by atoms with Crippen molar-refractivity contribution < 1.29 is 19.0 Å². The molecule has 4 rings (SSSR count). The largest absolute Gasteiger partial charge is 0.494 e. The first-order valence-electron chi connectivity index (χ1n) is 9.59. The van der Waals surface area contributed by atoms with Gasteiger partial charge in [-0.05, 0) is 36.4 Å². The molecular weight excluding hydrogens is 414 g/mol. The molecule has 0 radical (unpaired) electrons. The zero-order valence-electron chi connectivity index (χ0n) is 17.1. The lowest BCUT2D eigenvalue weighted by Crippen LogP contribution is -2.34. The molecule has 0 fully saturated rings. The minimum Gasteiger partial charge on any atom is -0.494 e.